The molecule has 0 aromatic heterocycles. The molecule has 25 heavy (non-hydrogen) atoms. The summed E-state index contributed by atoms with van der Waals surface area (Å²) in [5.74, 6) is 0.707. The number of esters is 1. The molecule has 0 bridgehead atoms. The minimum absolute atomic E-state index is 0.178. The van der Waals surface area contributed by atoms with Gasteiger partial charge in [0.25, 0.3) is 7.41 Å². The number of nitrogens with zero attached hydrogens (tertiary/aromatic N) is 1. The molecule has 1 radical (unpaired) electrons. The summed E-state index contributed by atoms with van der Waals surface area (Å²) in [5.41, 5.74) is 3.24. The van der Waals surface area contributed by atoms with Gasteiger partial charge in [0.05, 0.1) is 19.7 Å². The summed E-state index contributed by atoms with van der Waals surface area (Å²) in [4.78, 5) is 24.3. The zero-order chi connectivity index (χ0) is 18.7. The van der Waals surface area contributed by atoms with Gasteiger partial charge in [0.15, 0.2) is 0 Å². The number of hydrogen-bond donors (Lipinski definition) is 1. The van der Waals surface area contributed by atoms with Crippen LogP contribution in [0.1, 0.15) is 17.5 Å². The first-order valence-electron chi connectivity index (χ1n) is 8.12. The molecule has 1 rings (SSSR count). The molecule has 137 valence electrons. The molecule has 1 N–H and O–H groups in total. The average Bonchev–Trinajstić information content (AvgIpc) is 2.61. The van der Waals surface area contributed by atoms with Crippen LogP contribution in [0.15, 0.2) is 18.2 Å². The van der Waals surface area contributed by atoms with Crippen LogP contribution in [0.25, 0.3) is 0 Å². The van der Waals surface area contributed by atoms with Crippen LogP contribution in [0, 0.1) is 6.92 Å². The molecule has 0 aliphatic heterocycles. The zero-order valence-electron chi connectivity index (χ0n) is 14.6. The van der Waals surface area contributed by atoms with Crippen molar-refractivity contribution in [2.75, 3.05) is 36.9 Å². The SMILES string of the molecule is COC(=O)C[C@@H](Cc1cc(N(CCCl)CCCl)ccc1C)N[B]C=O. The van der Waals surface area contributed by atoms with E-state index >= 15 is 0 Å². The van der Waals surface area contributed by atoms with Crippen LogP contribution in [0.3, 0.4) is 0 Å². The minimum Gasteiger partial charge on any atom is -0.469 e. The van der Waals surface area contributed by atoms with Crippen molar-refractivity contribution in [1.29, 1.82) is 0 Å². The van der Waals surface area contributed by atoms with E-state index in [1.165, 1.54) is 14.5 Å². The second kappa shape index (κ2) is 12.2. The molecule has 0 fully saturated rings. The smallest absolute Gasteiger partial charge is 0.307 e. The summed E-state index contributed by atoms with van der Waals surface area (Å²) in [6, 6.07) is 5.94. The molecule has 0 saturated carbocycles. The van der Waals surface area contributed by atoms with E-state index < -0.39 is 0 Å². The van der Waals surface area contributed by atoms with E-state index in [0.29, 0.717) is 37.5 Å². The third-order valence-electron chi connectivity index (χ3n) is 3.91. The topological polar surface area (TPSA) is 58.6 Å². The molecule has 0 aliphatic carbocycles. The highest BCUT2D eigenvalue weighted by Gasteiger charge is 2.17. The van der Waals surface area contributed by atoms with E-state index in [0.717, 1.165) is 16.8 Å². The van der Waals surface area contributed by atoms with Crippen molar-refractivity contribution in [1.82, 2.24) is 5.23 Å². The van der Waals surface area contributed by atoms with Gasteiger partial charge in [-0.1, -0.05) is 6.07 Å². The first-order chi connectivity index (χ1) is 12.0. The zero-order valence-corrected chi connectivity index (χ0v) is 16.1. The van der Waals surface area contributed by atoms with Crippen LogP contribution in [0.4, 0.5) is 5.69 Å². The van der Waals surface area contributed by atoms with Crippen LogP contribution in [0.2, 0.25) is 0 Å². The van der Waals surface area contributed by atoms with Gasteiger partial charge < -0.3 is 19.7 Å². The first kappa shape index (κ1) is 21.8. The van der Waals surface area contributed by atoms with E-state index in [1.807, 2.05) is 19.1 Å². The van der Waals surface area contributed by atoms with Crippen LogP contribution < -0.4 is 10.1 Å². The predicted octanol–water partition coefficient (Wildman–Crippen LogP) is 2.15. The monoisotopic (exact) mass is 385 g/mol. The lowest BCUT2D eigenvalue weighted by atomic mass is 9.91. The van der Waals surface area contributed by atoms with E-state index in [4.69, 9.17) is 27.9 Å². The number of carbonyl (C=O) groups excluding carboxylic acids is 2. The molecule has 0 saturated heterocycles. The Morgan fingerprint density at radius 2 is 2.04 bits per heavy atom. The number of ether oxygens (including phenoxy) is 1. The summed E-state index contributed by atoms with van der Waals surface area (Å²) in [7, 11) is 2.66. The molecule has 0 heterocycles. The van der Waals surface area contributed by atoms with E-state index in [-0.39, 0.29) is 18.4 Å². The number of rotatable bonds is 12. The van der Waals surface area contributed by atoms with Crippen molar-refractivity contribution >= 4 is 48.5 Å². The number of alkyl halides is 2. The molecule has 0 unspecified atom stereocenters. The number of carbonyl (C=O) groups is 2. The van der Waals surface area contributed by atoms with Crippen molar-refractivity contribution in [3.8, 4) is 0 Å². The van der Waals surface area contributed by atoms with Gasteiger partial charge in [-0.2, -0.15) is 0 Å². The molecule has 1 atom stereocenters. The van der Waals surface area contributed by atoms with Crippen LogP contribution >= 0.6 is 23.2 Å². The average molecular weight is 386 g/mol. The number of anilines is 1. The molecule has 1 aromatic rings. The van der Waals surface area contributed by atoms with Gasteiger partial charge in [-0.05, 0) is 36.6 Å². The second-order valence-corrected chi connectivity index (χ2v) is 6.38. The maximum Gasteiger partial charge on any atom is 0.307 e. The van der Waals surface area contributed by atoms with Crippen molar-refractivity contribution in [2.45, 2.75) is 25.8 Å². The van der Waals surface area contributed by atoms with Crippen molar-refractivity contribution in [3.63, 3.8) is 0 Å². The van der Waals surface area contributed by atoms with Gasteiger partial charge in [0.1, 0.15) is 0 Å². The van der Waals surface area contributed by atoms with Gasteiger partial charge in [-0.15, -0.1) is 23.2 Å². The molecule has 1 aromatic carbocycles. The third kappa shape index (κ3) is 7.67. The van der Waals surface area contributed by atoms with Gasteiger partial charge in [-0.3, -0.25) is 4.79 Å². The lowest BCUT2D eigenvalue weighted by Gasteiger charge is -2.25. The highest BCUT2D eigenvalue weighted by Crippen LogP contribution is 2.21. The second-order valence-electron chi connectivity index (χ2n) is 5.63. The standard InChI is InChI=1S/C17H24BCl2N2O3/c1-13-3-4-16(22(7-5-19)8-6-20)10-14(13)9-15(21-18-12-23)11-17(24)25-2/h3-4,10,12,15,21H,5-9,11H2,1-2H3/t15-/m1/s1. The Labute approximate surface area is 160 Å². The minimum atomic E-state index is -0.323. The Morgan fingerprint density at radius 3 is 2.60 bits per heavy atom. The number of aryl methyl sites for hydroxylation is 1. The maximum atomic E-state index is 11.6. The van der Waals surface area contributed by atoms with Gasteiger partial charge >= 0.3 is 5.97 Å². The third-order valence-corrected chi connectivity index (χ3v) is 4.25. The summed E-state index contributed by atoms with van der Waals surface area (Å²) in [6.45, 7) is 3.43. The largest absolute Gasteiger partial charge is 0.469 e. The highest BCUT2D eigenvalue weighted by atomic mass is 35.5. The number of hydrogen-bond acceptors (Lipinski definition) is 5. The van der Waals surface area contributed by atoms with Gasteiger partial charge in [0.2, 0.25) is 0 Å². The number of benzene rings is 1. The molecule has 0 aliphatic rings. The van der Waals surface area contributed by atoms with Crippen molar-refractivity contribution in [2.24, 2.45) is 0 Å². The Balaban J connectivity index is 2.97. The lowest BCUT2D eigenvalue weighted by molar-refractivity contribution is -0.141. The molecule has 0 amide bonds. The Bertz CT molecular complexity index is 555. The van der Waals surface area contributed by atoms with Crippen LogP contribution in [0.5, 0.6) is 0 Å². The van der Waals surface area contributed by atoms with Gasteiger partial charge in [-0.25, -0.2) is 0 Å². The quantitative estimate of drug-likeness (QED) is 0.258. The number of nitrogens with one attached hydrogen (secondary N) is 1. The van der Waals surface area contributed by atoms with E-state index in [9.17, 15) is 9.59 Å². The lowest BCUT2D eigenvalue weighted by Crippen LogP contribution is -2.37. The van der Waals surface area contributed by atoms with E-state index in [1.54, 1.807) is 0 Å². The fourth-order valence-corrected chi connectivity index (χ4v) is 2.97. The molecule has 8 heteroatoms. The Hall–Kier alpha value is -1.24. The maximum absolute atomic E-state index is 11.6. The first-order valence-corrected chi connectivity index (χ1v) is 9.18. The fraction of sp³-hybridized carbons (Fsp3) is 0.529. The predicted molar refractivity (Wildman–Crippen MR) is 105 cm³/mol. The Morgan fingerprint density at radius 1 is 1.36 bits per heavy atom. The molecule has 0 spiro atoms. The fourth-order valence-electron chi connectivity index (χ4n) is 2.56. The Kier molecular flexibility index (Phi) is 10.6. The van der Waals surface area contributed by atoms with E-state index in [2.05, 4.69) is 16.2 Å². The summed E-state index contributed by atoms with van der Waals surface area (Å²) in [5, 5.41) is 2.96. The van der Waals surface area contributed by atoms with Crippen LogP contribution in [-0.4, -0.2) is 57.6 Å². The molecular weight excluding hydrogens is 362 g/mol. The normalized spacial score (nSPS) is 11.7. The summed E-state index contributed by atoms with van der Waals surface area (Å²) in [6.07, 6.45) is 1.43. The number of halogens is 2. The van der Waals surface area contributed by atoms with Crippen molar-refractivity contribution in [3.05, 3.63) is 29.3 Å². The molecular formula is C17H24BCl2N2O3. The van der Waals surface area contributed by atoms with Crippen molar-refractivity contribution < 1.29 is 14.3 Å². The summed E-state index contributed by atoms with van der Waals surface area (Å²) < 4.78 is 4.74. The highest BCUT2D eigenvalue weighted by molar-refractivity contribution is 6.64. The summed E-state index contributed by atoms with van der Waals surface area (Å²) >= 11 is 11.8. The van der Waals surface area contributed by atoms with Crippen LogP contribution in [-0.2, 0) is 20.7 Å². The molecule has 5 nitrogen and oxygen atoms in total. The number of methoxy groups -OCH3 is 1. The van der Waals surface area contributed by atoms with Gasteiger partial charge in [0, 0.05) is 36.6 Å².